The molecule has 6 heteroatoms. The van der Waals surface area contributed by atoms with Crippen molar-refractivity contribution in [2.75, 3.05) is 23.8 Å². The van der Waals surface area contributed by atoms with Crippen LogP contribution in [-0.4, -0.2) is 45.5 Å². The quantitative estimate of drug-likeness (QED) is 0.527. The van der Waals surface area contributed by atoms with E-state index >= 15 is 0 Å². The maximum Gasteiger partial charge on any atom is 0.224 e. The van der Waals surface area contributed by atoms with E-state index in [2.05, 4.69) is 34.4 Å². The van der Waals surface area contributed by atoms with Crippen LogP contribution in [0.3, 0.4) is 0 Å². The largest absolute Gasteiger partial charge is 0.396 e. The van der Waals surface area contributed by atoms with Crippen LogP contribution in [0.4, 0.5) is 11.8 Å². The second-order valence-electron chi connectivity index (χ2n) is 5.25. The molecule has 0 saturated carbocycles. The standard InChI is InChI=1S/C15H28N4O2/c1-4-12(6-8-20)17-14-11(3)10-16-15(19-14)18-13(5-2)7-9-21/h10,12-13,20-21H,4-9H2,1-3H3,(H2,16,17,18,19). The Morgan fingerprint density at radius 3 is 2.14 bits per heavy atom. The first-order chi connectivity index (χ1) is 10.1. The van der Waals surface area contributed by atoms with Crippen LogP contribution in [0.1, 0.15) is 45.1 Å². The zero-order chi connectivity index (χ0) is 15.7. The molecule has 0 aromatic carbocycles. The molecule has 2 unspecified atom stereocenters. The monoisotopic (exact) mass is 296 g/mol. The summed E-state index contributed by atoms with van der Waals surface area (Å²) < 4.78 is 0. The fraction of sp³-hybridized carbons (Fsp3) is 0.733. The molecule has 120 valence electrons. The zero-order valence-electron chi connectivity index (χ0n) is 13.3. The average molecular weight is 296 g/mol. The molecule has 0 radical (unpaired) electrons. The van der Waals surface area contributed by atoms with Gasteiger partial charge in [0, 0.05) is 37.1 Å². The lowest BCUT2D eigenvalue weighted by atomic mass is 10.1. The van der Waals surface area contributed by atoms with Crippen LogP contribution >= 0.6 is 0 Å². The van der Waals surface area contributed by atoms with Crippen LogP contribution in [0, 0.1) is 6.92 Å². The van der Waals surface area contributed by atoms with E-state index in [-0.39, 0.29) is 25.3 Å². The van der Waals surface area contributed by atoms with E-state index < -0.39 is 0 Å². The Balaban J connectivity index is 2.78. The van der Waals surface area contributed by atoms with Gasteiger partial charge in [-0.1, -0.05) is 13.8 Å². The molecule has 0 aliphatic carbocycles. The molecule has 1 aromatic rings. The van der Waals surface area contributed by atoms with E-state index in [0.29, 0.717) is 18.8 Å². The molecule has 1 heterocycles. The topological polar surface area (TPSA) is 90.3 Å². The molecule has 0 aliphatic heterocycles. The molecule has 2 atom stereocenters. The predicted molar refractivity (Wildman–Crippen MR) is 85.6 cm³/mol. The van der Waals surface area contributed by atoms with Gasteiger partial charge in [-0.3, -0.25) is 0 Å². The van der Waals surface area contributed by atoms with E-state index in [9.17, 15) is 0 Å². The molecule has 0 spiro atoms. The molecule has 0 bridgehead atoms. The molecule has 0 amide bonds. The molecule has 4 N–H and O–H groups in total. The third kappa shape index (κ3) is 5.85. The Labute approximate surface area is 127 Å². The lowest BCUT2D eigenvalue weighted by Gasteiger charge is -2.20. The predicted octanol–water partition coefficient (Wildman–Crippen LogP) is 1.93. The smallest absolute Gasteiger partial charge is 0.224 e. The van der Waals surface area contributed by atoms with Crippen molar-refractivity contribution < 1.29 is 10.2 Å². The lowest BCUT2D eigenvalue weighted by molar-refractivity contribution is 0.278. The first kappa shape index (κ1) is 17.7. The molecule has 0 fully saturated rings. The van der Waals surface area contributed by atoms with Crippen LogP contribution in [0.5, 0.6) is 0 Å². The maximum absolute atomic E-state index is 9.07. The molecule has 0 aliphatic rings. The number of nitrogens with one attached hydrogen (secondary N) is 2. The molecular formula is C15H28N4O2. The number of aromatic nitrogens is 2. The SMILES string of the molecule is CCC(CCO)Nc1ncc(C)c(NC(CC)CCO)n1. The van der Waals surface area contributed by atoms with E-state index in [4.69, 9.17) is 10.2 Å². The van der Waals surface area contributed by atoms with Crippen molar-refractivity contribution in [1.82, 2.24) is 9.97 Å². The highest BCUT2D eigenvalue weighted by atomic mass is 16.3. The number of anilines is 2. The summed E-state index contributed by atoms with van der Waals surface area (Å²) in [5.74, 6) is 1.37. The van der Waals surface area contributed by atoms with Crippen LogP contribution < -0.4 is 10.6 Å². The normalized spacial score (nSPS) is 13.8. The van der Waals surface area contributed by atoms with E-state index in [1.54, 1.807) is 6.20 Å². The first-order valence-electron chi connectivity index (χ1n) is 7.72. The number of aliphatic hydroxyl groups excluding tert-OH is 2. The van der Waals surface area contributed by atoms with E-state index in [1.165, 1.54) is 0 Å². The number of nitrogens with zero attached hydrogens (tertiary/aromatic N) is 2. The number of hydrogen-bond donors (Lipinski definition) is 4. The molecule has 1 rings (SSSR count). The van der Waals surface area contributed by atoms with Gasteiger partial charge in [-0.2, -0.15) is 4.98 Å². The summed E-state index contributed by atoms with van der Waals surface area (Å²) in [7, 11) is 0. The van der Waals surface area contributed by atoms with Gasteiger partial charge in [0.05, 0.1) is 0 Å². The fourth-order valence-corrected chi connectivity index (χ4v) is 2.10. The molecule has 21 heavy (non-hydrogen) atoms. The van der Waals surface area contributed by atoms with E-state index in [1.807, 2.05) is 6.92 Å². The number of rotatable bonds is 10. The summed E-state index contributed by atoms with van der Waals surface area (Å²) in [6.45, 7) is 6.42. The van der Waals surface area contributed by atoms with Crippen LogP contribution in [-0.2, 0) is 0 Å². The fourth-order valence-electron chi connectivity index (χ4n) is 2.10. The Morgan fingerprint density at radius 2 is 1.62 bits per heavy atom. The molecular weight excluding hydrogens is 268 g/mol. The summed E-state index contributed by atoms with van der Waals surface area (Å²) in [5.41, 5.74) is 0.979. The van der Waals surface area contributed by atoms with E-state index in [0.717, 1.165) is 24.2 Å². The van der Waals surface area contributed by atoms with Gasteiger partial charge < -0.3 is 20.8 Å². The molecule has 6 nitrogen and oxygen atoms in total. The Morgan fingerprint density at radius 1 is 1.05 bits per heavy atom. The highest BCUT2D eigenvalue weighted by molar-refractivity contribution is 5.47. The van der Waals surface area contributed by atoms with Crippen LogP contribution in [0.25, 0.3) is 0 Å². The first-order valence-corrected chi connectivity index (χ1v) is 7.72. The average Bonchev–Trinajstić information content (AvgIpc) is 2.49. The van der Waals surface area contributed by atoms with Crippen molar-refractivity contribution in [3.05, 3.63) is 11.8 Å². The minimum absolute atomic E-state index is 0.150. The van der Waals surface area contributed by atoms with Crippen molar-refractivity contribution in [2.45, 2.75) is 58.5 Å². The van der Waals surface area contributed by atoms with Gasteiger partial charge >= 0.3 is 0 Å². The van der Waals surface area contributed by atoms with Gasteiger partial charge in [0.1, 0.15) is 5.82 Å². The van der Waals surface area contributed by atoms with Gasteiger partial charge in [-0.05, 0) is 32.6 Å². The second kappa shape index (κ2) is 9.52. The van der Waals surface area contributed by atoms with Crippen molar-refractivity contribution >= 4 is 11.8 Å². The summed E-state index contributed by atoms with van der Waals surface area (Å²) in [4.78, 5) is 8.81. The van der Waals surface area contributed by atoms with Crippen molar-refractivity contribution in [1.29, 1.82) is 0 Å². The van der Waals surface area contributed by atoms with Gasteiger partial charge in [-0.15, -0.1) is 0 Å². The minimum atomic E-state index is 0.150. The number of hydrogen-bond acceptors (Lipinski definition) is 6. The summed E-state index contributed by atoms with van der Waals surface area (Å²) in [5, 5.41) is 24.7. The minimum Gasteiger partial charge on any atom is -0.396 e. The summed E-state index contributed by atoms with van der Waals surface area (Å²) >= 11 is 0. The Bertz CT molecular complexity index is 415. The third-order valence-electron chi connectivity index (χ3n) is 3.59. The summed E-state index contributed by atoms with van der Waals surface area (Å²) in [6.07, 6.45) is 5.00. The zero-order valence-corrected chi connectivity index (χ0v) is 13.3. The van der Waals surface area contributed by atoms with Crippen LogP contribution in [0.15, 0.2) is 6.20 Å². The van der Waals surface area contributed by atoms with Crippen molar-refractivity contribution in [3.63, 3.8) is 0 Å². The maximum atomic E-state index is 9.07. The van der Waals surface area contributed by atoms with Gasteiger partial charge in [-0.25, -0.2) is 4.98 Å². The van der Waals surface area contributed by atoms with Crippen molar-refractivity contribution in [3.8, 4) is 0 Å². The highest BCUT2D eigenvalue weighted by Gasteiger charge is 2.12. The van der Waals surface area contributed by atoms with Gasteiger partial charge in [0.15, 0.2) is 0 Å². The Hall–Kier alpha value is -1.40. The number of aryl methyl sites for hydroxylation is 1. The number of aliphatic hydroxyl groups is 2. The van der Waals surface area contributed by atoms with Gasteiger partial charge in [0.25, 0.3) is 0 Å². The van der Waals surface area contributed by atoms with Gasteiger partial charge in [0.2, 0.25) is 5.95 Å². The van der Waals surface area contributed by atoms with Crippen molar-refractivity contribution in [2.24, 2.45) is 0 Å². The second-order valence-corrected chi connectivity index (χ2v) is 5.25. The molecule has 1 aromatic heterocycles. The summed E-state index contributed by atoms with van der Waals surface area (Å²) in [6, 6.07) is 0.376. The highest BCUT2D eigenvalue weighted by Crippen LogP contribution is 2.17. The Kier molecular flexibility index (Phi) is 8.00. The third-order valence-corrected chi connectivity index (χ3v) is 3.59. The lowest BCUT2D eigenvalue weighted by Crippen LogP contribution is -2.24. The molecule has 0 saturated heterocycles. The van der Waals surface area contributed by atoms with Crippen LogP contribution in [0.2, 0.25) is 0 Å².